The molecule has 1 fully saturated rings. The maximum absolute atomic E-state index is 11.4. The number of carbonyl (C=O) groups excluding carboxylic acids is 1. The third-order valence-corrected chi connectivity index (χ3v) is 2.61. The predicted molar refractivity (Wildman–Crippen MR) is 63.3 cm³/mol. The molecule has 0 bridgehead atoms. The number of hydrogen-bond donors (Lipinski definition) is 2. The molecule has 0 aliphatic carbocycles. The van der Waals surface area contributed by atoms with Crippen LogP contribution in [0.1, 0.15) is 25.5 Å². The number of aromatic nitrogens is 2. The number of aliphatic hydroxyl groups excluding tert-OH is 1. The summed E-state index contributed by atoms with van der Waals surface area (Å²) in [6, 6.07) is 1.28. The number of rotatable bonds is 3. The van der Waals surface area contributed by atoms with Crippen molar-refractivity contribution in [1.29, 1.82) is 0 Å². The summed E-state index contributed by atoms with van der Waals surface area (Å²) in [4.78, 5) is 34.8. The van der Waals surface area contributed by atoms with Crippen LogP contribution in [0.4, 0.5) is 0 Å². The zero-order chi connectivity index (χ0) is 13.5. The first kappa shape index (κ1) is 14.3. The molecule has 0 amide bonds. The summed E-state index contributed by atoms with van der Waals surface area (Å²) in [5.74, 6) is 0. The van der Waals surface area contributed by atoms with Crippen molar-refractivity contribution in [1.82, 2.24) is 9.55 Å². The van der Waals surface area contributed by atoms with E-state index in [2.05, 4.69) is 4.98 Å². The fourth-order valence-electron chi connectivity index (χ4n) is 1.83. The van der Waals surface area contributed by atoms with Gasteiger partial charge in [-0.1, -0.05) is 0 Å². The van der Waals surface area contributed by atoms with Crippen molar-refractivity contribution in [3.05, 3.63) is 33.1 Å². The predicted octanol–water partition coefficient (Wildman–Crippen LogP) is -0.588. The number of ether oxygens (including phenoxy) is 1. The lowest BCUT2D eigenvalue weighted by atomic mass is 10.2. The number of nitrogens with zero attached hydrogens (tertiary/aromatic N) is 1. The van der Waals surface area contributed by atoms with E-state index in [1.807, 2.05) is 0 Å². The molecule has 0 saturated carbocycles. The standard InChI is InChI=1S/C10H12N2O4.CH4O/c13-6-4-7-1-2-9(16-7)12-5-3-8(14)11-10(12)15;1-2/h3,5-7,9H,1-2,4H2,(H,11,14,15);2H,1H3. The molecule has 2 rings (SSSR count). The average molecular weight is 256 g/mol. The van der Waals surface area contributed by atoms with E-state index in [0.717, 1.165) is 19.8 Å². The molecular formula is C11H16N2O5. The van der Waals surface area contributed by atoms with Crippen molar-refractivity contribution < 1.29 is 14.6 Å². The van der Waals surface area contributed by atoms with Crippen LogP contribution in [0, 0.1) is 0 Å². The Morgan fingerprint density at radius 3 is 2.83 bits per heavy atom. The first-order valence-corrected chi connectivity index (χ1v) is 5.56. The third-order valence-electron chi connectivity index (χ3n) is 2.61. The van der Waals surface area contributed by atoms with Gasteiger partial charge in [0, 0.05) is 25.8 Å². The molecule has 7 heteroatoms. The van der Waals surface area contributed by atoms with Gasteiger partial charge in [-0.05, 0) is 12.8 Å². The second-order valence-corrected chi connectivity index (χ2v) is 3.71. The van der Waals surface area contributed by atoms with Crippen molar-refractivity contribution in [2.45, 2.75) is 31.6 Å². The number of hydrogen-bond acceptors (Lipinski definition) is 5. The highest BCUT2D eigenvalue weighted by Crippen LogP contribution is 2.27. The molecule has 0 spiro atoms. The first-order valence-electron chi connectivity index (χ1n) is 5.56. The molecule has 18 heavy (non-hydrogen) atoms. The molecule has 0 aromatic carbocycles. The SMILES string of the molecule is CO.O=CCC1CCC(n2ccc(=O)[nH]c2=O)O1. The summed E-state index contributed by atoms with van der Waals surface area (Å²) in [7, 11) is 1.00. The molecule has 7 nitrogen and oxygen atoms in total. The number of carbonyl (C=O) groups is 1. The molecule has 1 aliphatic heterocycles. The summed E-state index contributed by atoms with van der Waals surface area (Å²) >= 11 is 0. The minimum atomic E-state index is -0.482. The maximum atomic E-state index is 11.4. The Bertz CT molecular complexity index is 493. The van der Waals surface area contributed by atoms with Gasteiger partial charge in [0.05, 0.1) is 6.10 Å². The van der Waals surface area contributed by atoms with Crippen molar-refractivity contribution in [2.75, 3.05) is 7.11 Å². The Labute approximate surface area is 103 Å². The largest absolute Gasteiger partial charge is 0.400 e. The number of H-pyrrole nitrogens is 1. The Kier molecular flexibility index (Phi) is 5.47. The molecule has 1 aliphatic rings. The van der Waals surface area contributed by atoms with Gasteiger partial charge in [0.25, 0.3) is 5.56 Å². The van der Waals surface area contributed by atoms with Crippen LogP contribution in [0.2, 0.25) is 0 Å². The highest BCUT2D eigenvalue weighted by atomic mass is 16.5. The summed E-state index contributed by atoms with van der Waals surface area (Å²) < 4.78 is 6.86. The molecule has 1 aromatic heterocycles. The summed E-state index contributed by atoms with van der Waals surface area (Å²) in [6.07, 6.45) is 3.47. The lowest BCUT2D eigenvalue weighted by Crippen LogP contribution is -2.31. The Morgan fingerprint density at radius 2 is 2.22 bits per heavy atom. The average Bonchev–Trinajstić information content (AvgIpc) is 2.80. The zero-order valence-electron chi connectivity index (χ0n) is 10.0. The molecule has 100 valence electrons. The monoisotopic (exact) mass is 256 g/mol. The van der Waals surface area contributed by atoms with Crippen LogP contribution in [-0.4, -0.2) is 34.2 Å². The topological polar surface area (TPSA) is 101 Å². The van der Waals surface area contributed by atoms with E-state index in [9.17, 15) is 14.4 Å². The van der Waals surface area contributed by atoms with Gasteiger partial charge >= 0.3 is 5.69 Å². The zero-order valence-corrected chi connectivity index (χ0v) is 10.0. The summed E-state index contributed by atoms with van der Waals surface area (Å²) in [5, 5.41) is 7.00. The molecular weight excluding hydrogens is 240 g/mol. The maximum Gasteiger partial charge on any atom is 0.330 e. The first-order chi connectivity index (χ1) is 8.70. The normalized spacial score (nSPS) is 22.1. The van der Waals surface area contributed by atoms with Gasteiger partial charge in [-0.25, -0.2) is 4.79 Å². The van der Waals surface area contributed by atoms with Crippen LogP contribution in [0.25, 0.3) is 0 Å². The fraction of sp³-hybridized carbons (Fsp3) is 0.545. The van der Waals surface area contributed by atoms with E-state index in [1.165, 1.54) is 16.8 Å². The molecule has 0 radical (unpaired) electrons. The number of nitrogens with one attached hydrogen (secondary N) is 1. The van der Waals surface area contributed by atoms with Gasteiger partial charge in [0.1, 0.15) is 12.5 Å². The number of aldehydes is 1. The van der Waals surface area contributed by atoms with Gasteiger partial charge < -0.3 is 14.6 Å². The van der Waals surface area contributed by atoms with Crippen LogP contribution in [-0.2, 0) is 9.53 Å². The van der Waals surface area contributed by atoms with E-state index in [1.54, 1.807) is 0 Å². The van der Waals surface area contributed by atoms with Crippen molar-refractivity contribution in [2.24, 2.45) is 0 Å². The smallest absolute Gasteiger partial charge is 0.330 e. The van der Waals surface area contributed by atoms with Crippen LogP contribution < -0.4 is 11.2 Å². The van der Waals surface area contributed by atoms with Gasteiger partial charge in [0.15, 0.2) is 0 Å². The van der Waals surface area contributed by atoms with Crippen LogP contribution >= 0.6 is 0 Å². The van der Waals surface area contributed by atoms with E-state index >= 15 is 0 Å². The van der Waals surface area contributed by atoms with Crippen molar-refractivity contribution in [3.63, 3.8) is 0 Å². The van der Waals surface area contributed by atoms with Crippen molar-refractivity contribution in [3.8, 4) is 0 Å². The molecule has 1 saturated heterocycles. The second-order valence-electron chi connectivity index (χ2n) is 3.71. The van der Waals surface area contributed by atoms with Crippen LogP contribution in [0.3, 0.4) is 0 Å². The quantitative estimate of drug-likeness (QED) is 0.704. The molecule has 2 N–H and O–H groups in total. The second kappa shape index (κ2) is 6.87. The van der Waals surface area contributed by atoms with Crippen LogP contribution in [0.5, 0.6) is 0 Å². The van der Waals surface area contributed by atoms with E-state index in [0.29, 0.717) is 12.8 Å². The Hall–Kier alpha value is -1.73. The fourth-order valence-corrected chi connectivity index (χ4v) is 1.83. The lowest BCUT2D eigenvalue weighted by Gasteiger charge is -2.13. The van der Waals surface area contributed by atoms with E-state index in [4.69, 9.17) is 9.84 Å². The lowest BCUT2D eigenvalue weighted by molar-refractivity contribution is -0.110. The summed E-state index contributed by atoms with van der Waals surface area (Å²) in [5.41, 5.74) is -0.909. The van der Waals surface area contributed by atoms with Gasteiger partial charge in [-0.3, -0.25) is 14.3 Å². The molecule has 2 atom stereocenters. The van der Waals surface area contributed by atoms with Gasteiger partial charge in [-0.15, -0.1) is 0 Å². The highest BCUT2D eigenvalue weighted by Gasteiger charge is 2.26. The highest BCUT2D eigenvalue weighted by molar-refractivity contribution is 5.50. The third kappa shape index (κ3) is 3.38. The molecule has 2 unspecified atom stereocenters. The van der Waals surface area contributed by atoms with Gasteiger partial charge in [-0.2, -0.15) is 0 Å². The number of aromatic amines is 1. The minimum Gasteiger partial charge on any atom is -0.400 e. The Balaban J connectivity index is 0.000000771. The Morgan fingerprint density at radius 1 is 1.50 bits per heavy atom. The summed E-state index contributed by atoms with van der Waals surface area (Å²) in [6.45, 7) is 0. The van der Waals surface area contributed by atoms with Crippen molar-refractivity contribution >= 4 is 6.29 Å². The van der Waals surface area contributed by atoms with E-state index < -0.39 is 11.2 Å². The minimum absolute atomic E-state index is 0.124. The number of aliphatic hydroxyl groups is 1. The molecule has 1 aromatic rings. The van der Waals surface area contributed by atoms with Crippen LogP contribution in [0.15, 0.2) is 21.9 Å². The van der Waals surface area contributed by atoms with Gasteiger partial charge in [0.2, 0.25) is 0 Å². The molecule has 2 heterocycles. The van der Waals surface area contributed by atoms with E-state index in [-0.39, 0.29) is 12.3 Å².